The first-order chi connectivity index (χ1) is 12.6. The molecule has 3 rings (SSSR count). The summed E-state index contributed by atoms with van der Waals surface area (Å²) in [5.74, 6) is 0.658. The van der Waals surface area contributed by atoms with Crippen molar-refractivity contribution in [3.63, 3.8) is 0 Å². The molecule has 2 heterocycles. The van der Waals surface area contributed by atoms with Gasteiger partial charge in [0.25, 0.3) is 0 Å². The van der Waals surface area contributed by atoms with E-state index in [1.165, 1.54) is 0 Å². The number of amides is 1. The number of aromatic nitrogens is 1. The van der Waals surface area contributed by atoms with Crippen LogP contribution in [0.2, 0.25) is 5.02 Å². The van der Waals surface area contributed by atoms with Crippen LogP contribution in [0.5, 0.6) is 0 Å². The molecule has 0 aliphatic carbocycles. The Morgan fingerprint density at radius 2 is 2.15 bits per heavy atom. The van der Waals surface area contributed by atoms with E-state index in [1.807, 2.05) is 18.2 Å². The minimum Gasteiger partial charge on any atom is -0.381 e. The number of carbonyl (C=O) groups is 1. The van der Waals surface area contributed by atoms with Gasteiger partial charge in [-0.1, -0.05) is 17.7 Å². The Labute approximate surface area is 157 Å². The molecule has 0 unspecified atom stereocenters. The summed E-state index contributed by atoms with van der Waals surface area (Å²) < 4.78 is 0. The topological polar surface area (TPSA) is 95.0 Å². The quantitative estimate of drug-likeness (QED) is 0.844. The van der Waals surface area contributed by atoms with Crippen molar-refractivity contribution in [3.05, 3.63) is 52.7 Å². The highest BCUT2D eigenvalue weighted by Crippen LogP contribution is 2.26. The molecule has 1 aliphatic heterocycles. The molecule has 0 atom stereocenters. The van der Waals surface area contributed by atoms with Gasteiger partial charge >= 0.3 is 0 Å². The molecule has 2 aromatic rings. The molecule has 1 amide bonds. The smallest absolute Gasteiger partial charge is 0.220 e. The largest absolute Gasteiger partial charge is 0.381 e. The fourth-order valence-corrected chi connectivity index (χ4v) is 3.36. The van der Waals surface area contributed by atoms with Crippen LogP contribution in [0.25, 0.3) is 0 Å². The van der Waals surface area contributed by atoms with Gasteiger partial charge in [-0.25, -0.2) is 4.98 Å². The second kappa shape index (κ2) is 8.07. The van der Waals surface area contributed by atoms with Crippen LogP contribution >= 0.6 is 11.6 Å². The Morgan fingerprint density at radius 1 is 1.38 bits per heavy atom. The van der Waals surface area contributed by atoms with Gasteiger partial charge in [0.15, 0.2) is 0 Å². The van der Waals surface area contributed by atoms with Crippen molar-refractivity contribution in [3.8, 4) is 6.07 Å². The molecule has 0 saturated carbocycles. The summed E-state index contributed by atoms with van der Waals surface area (Å²) in [5.41, 5.74) is 7.77. The van der Waals surface area contributed by atoms with Crippen molar-refractivity contribution in [1.29, 1.82) is 5.26 Å². The van der Waals surface area contributed by atoms with Crippen LogP contribution in [0.3, 0.4) is 0 Å². The van der Waals surface area contributed by atoms with Gasteiger partial charge in [-0.3, -0.25) is 4.79 Å². The van der Waals surface area contributed by atoms with Gasteiger partial charge in [-0.15, -0.1) is 0 Å². The predicted molar refractivity (Wildman–Crippen MR) is 102 cm³/mol. The van der Waals surface area contributed by atoms with Crippen molar-refractivity contribution in [1.82, 2.24) is 4.98 Å². The fraction of sp³-hybridized carbons (Fsp3) is 0.316. The lowest BCUT2D eigenvalue weighted by atomic mass is 9.96. The molecule has 26 heavy (non-hydrogen) atoms. The first-order valence-electron chi connectivity index (χ1n) is 8.50. The zero-order valence-electron chi connectivity index (χ0n) is 14.3. The van der Waals surface area contributed by atoms with E-state index in [-0.39, 0.29) is 11.8 Å². The minimum absolute atomic E-state index is 0.0441. The molecule has 7 heteroatoms. The highest BCUT2D eigenvalue weighted by atomic mass is 35.5. The van der Waals surface area contributed by atoms with Crippen LogP contribution in [-0.4, -0.2) is 24.0 Å². The summed E-state index contributed by atoms with van der Waals surface area (Å²) in [6.07, 6.45) is 3.28. The lowest BCUT2D eigenvalue weighted by Gasteiger charge is -2.32. The average Bonchev–Trinajstić information content (AvgIpc) is 2.67. The van der Waals surface area contributed by atoms with Crippen LogP contribution in [0.4, 0.5) is 11.5 Å². The Balaban J connectivity index is 1.69. The zero-order chi connectivity index (χ0) is 18.5. The second-order valence-corrected chi connectivity index (χ2v) is 6.72. The Kier molecular flexibility index (Phi) is 5.59. The molecule has 1 aromatic heterocycles. The second-order valence-electron chi connectivity index (χ2n) is 6.31. The number of nitriles is 1. The van der Waals surface area contributed by atoms with Gasteiger partial charge in [-0.05, 0) is 37.1 Å². The van der Waals surface area contributed by atoms with Crippen LogP contribution in [0.15, 0.2) is 36.5 Å². The number of nitrogens with two attached hydrogens (primary N) is 1. The summed E-state index contributed by atoms with van der Waals surface area (Å²) >= 11 is 6.08. The number of rotatable bonds is 5. The number of piperidine rings is 1. The first-order valence-corrected chi connectivity index (χ1v) is 8.88. The first kappa shape index (κ1) is 18.0. The van der Waals surface area contributed by atoms with Crippen LogP contribution < -0.4 is 16.0 Å². The van der Waals surface area contributed by atoms with Crippen molar-refractivity contribution < 1.29 is 4.79 Å². The summed E-state index contributed by atoms with van der Waals surface area (Å²) in [7, 11) is 0. The molecule has 0 radical (unpaired) electrons. The van der Waals surface area contributed by atoms with Crippen molar-refractivity contribution in [2.45, 2.75) is 19.4 Å². The third-order valence-corrected chi connectivity index (χ3v) is 4.95. The number of pyridine rings is 1. The molecular weight excluding hydrogens is 350 g/mol. The summed E-state index contributed by atoms with van der Waals surface area (Å²) in [5, 5.41) is 12.7. The average molecular weight is 370 g/mol. The third-order valence-electron chi connectivity index (χ3n) is 4.64. The van der Waals surface area contributed by atoms with E-state index < -0.39 is 0 Å². The van der Waals surface area contributed by atoms with Gasteiger partial charge < -0.3 is 16.0 Å². The maximum Gasteiger partial charge on any atom is 0.220 e. The molecule has 1 saturated heterocycles. The monoisotopic (exact) mass is 369 g/mol. The molecule has 1 fully saturated rings. The molecular formula is C19H20ClN5O. The number of carbonyl (C=O) groups excluding carboxylic acids is 1. The van der Waals surface area contributed by atoms with E-state index in [2.05, 4.69) is 21.3 Å². The number of benzene rings is 1. The fourth-order valence-electron chi connectivity index (χ4n) is 3.14. The van der Waals surface area contributed by atoms with Crippen LogP contribution in [0, 0.1) is 17.2 Å². The number of primary amides is 1. The normalized spacial score (nSPS) is 14.7. The van der Waals surface area contributed by atoms with E-state index in [0.29, 0.717) is 17.1 Å². The van der Waals surface area contributed by atoms with E-state index in [1.54, 1.807) is 18.3 Å². The number of hydrogen-bond acceptors (Lipinski definition) is 5. The zero-order valence-corrected chi connectivity index (χ0v) is 15.0. The van der Waals surface area contributed by atoms with E-state index in [9.17, 15) is 4.79 Å². The minimum atomic E-state index is -0.217. The van der Waals surface area contributed by atoms with Crippen molar-refractivity contribution in [2.75, 3.05) is 23.3 Å². The molecule has 1 aromatic carbocycles. The van der Waals surface area contributed by atoms with Gasteiger partial charge in [0.1, 0.15) is 11.9 Å². The number of anilines is 2. The van der Waals surface area contributed by atoms with Gasteiger partial charge in [0.05, 0.1) is 10.6 Å². The Hall–Kier alpha value is -2.78. The van der Waals surface area contributed by atoms with Crippen LogP contribution in [-0.2, 0) is 11.3 Å². The standard InChI is InChI=1S/C19H20ClN5O/c20-17-10-16(4-3-14(17)11-21)24-12-15-2-1-7-23-19(15)25-8-5-13(6-9-25)18(22)26/h1-4,7,10,13,24H,5-6,8-9,12H2,(H2,22,26). The number of nitrogens with zero attached hydrogens (tertiary/aromatic N) is 3. The third kappa shape index (κ3) is 4.06. The molecule has 6 nitrogen and oxygen atoms in total. The number of hydrogen-bond donors (Lipinski definition) is 2. The molecule has 3 N–H and O–H groups in total. The highest BCUT2D eigenvalue weighted by Gasteiger charge is 2.24. The number of halogens is 1. The molecule has 0 spiro atoms. The van der Waals surface area contributed by atoms with Gasteiger partial charge in [-0.2, -0.15) is 5.26 Å². The van der Waals surface area contributed by atoms with E-state index in [4.69, 9.17) is 22.6 Å². The molecule has 0 bridgehead atoms. The predicted octanol–water partition coefficient (Wildman–Crippen LogP) is 2.92. The summed E-state index contributed by atoms with van der Waals surface area (Å²) in [6.45, 7) is 2.11. The Morgan fingerprint density at radius 3 is 2.81 bits per heavy atom. The van der Waals surface area contributed by atoms with Gasteiger partial charge in [0.2, 0.25) is 5.91 Å². The van der Waals surface area contributed by atoms with Crippen molar-refractivity contribution >= 4 is 29.0 Å². The lowest BCUT2D eigenvalue weighted by Crippen LogP contribution is -2.39. The summed E-state index contributed by atoms with van der Waals surface area (Å²) in [4.78, 5) is 18.1. The van der Waals surface area contributed by atoms with E-state index in [0.717, 1.165) is 43.0 Å². The van der Waals surface area contributed by atoms with Gasteiger partial charge in [0, 0.05) is 43.0 Å². The SMILES string of the molecule is N#Cc1ccc(NCc2cccnc2N2CCC(C(N)=O)CC2)cc1Cl. The number of nitrogens with one attached hydrogen (secondary N) is 1. The lowest BCUT2D eigenvalue weighted by molar-refractivity contribution is -0.122. The highest BCUT2D eigenvalue weighted by molar-refractivity contribution is 6.32. The maximum atomic E-state index is 11.3. The van der Waals surface area contributed by atoms with Crippen molar-refractivity contribution in [2.24, 2.45) is 11.7 Å². The Bertz CT molecular complexity index is 840. The maximum absolute atomic E-state index is 11.3. The van der Waals surface area contributed by atoms with E-state index >= 15 is 0 Å². The molecule has 1 aliphatic rings. The molecule has 134 valence electrons. The summed E-state index contributed by atoms with van der Waals surface area (Å²) in [6, 6.07) is 11.3. The van der Waals surface area contributed by atoms with Crippen LogP contribution in [0.1, 0.15) is 24.0 Å².